The van der Waals surface area contributed by atoms with Crippen LogP contribution in [-0.4, -0.2) is 65.0 Å². The minimum Gasteiger partial charge on any atom is -0.461 e. The van der Waals surface area contributed by atoms with Crippen molar-refractivity contribution in [3.8, 4) is 0 Å². The molecule has 0 aromatic heterocycles. The molecular formula is C37H29Cl3O10. The molecule has 10 nitrogen and oxygen atoms in total. The molecular weight excluding hydrogens is 711 g/mol. The van der Waals surface area contributed by atoms with E-state index in [0.717, 1.165) is 0 Å². The molecule has 1 aliphatic rings. The number of allylic oxidation sites excluding steroid dienone is 1. The van der Waals surface area contributed by atoms with E-state index in [1.807, 2.05) is 0 Å². The second-order valence-corrected chi connectivity index (χ2v) is 13.0. The van der Waals surface area contributed by atoms with Gasteiger partial charge in [-0.05, 0) is 48.5 Å². The molecule has 50 heavy (non-hydrogen) atoms. The van der Waals surface area contributed by atoms with Crippen LogP contribution in [-0.2, 0) is 28.4 Å². The largest absolute Gasteiger partial charge is 0.461 e. The Morgan fingerprint density at radius 2 is 0.900 bits per heavy atom. The molecule has 0 spiro atoms. The molecule has 0 bridgehead atoms. The van der Waals surface area contributed by atoms with Crippen molar-refractivity contribution < 1.29 is 47.6 Å². The molecule has 1 fully saturated rings. The van der Waals surface area contributed by atoms with Gasteiger partial charge in [0.25, 0.3) is 0 Å². The van der Waals surface area contributed by atoms with Crippen LogP contribution in [0.5, 0.6) is 0 Å². The number of alkyl halides is 3. The molecule has 0 N–H and O–H groups in total. The molecule has 4 aromatic rings. The van der Waals surface area contributed by atoms with Crippen LogP contribution in [0.15, 0.2) is 134 Å². The summed E-state index contributed by atoms with van der Waals surface area (Å²) in [6, 6.07) is 31.9. The summed E-state index contributed by atoms with van der Waals surface area (Å²) in [5.41, 5.74) is 0.605. The second kappa shape index (κ2) is 16.7. The van der Waals surface area contributed by atoms with Crippen molar-refractivity contribution >= 4 is 58.7 Å². The molecule has 5 atom stereocenters. The Hall–Kier alpha value is -4.87. The zero-order valence-corrected chi connectivity index (χ0v) is 28.3. The van der Waals surface area contributed by atoms with Gasteiger partial charge in [0.2, 0.25) is 16.2 Å². The Morgan fingerprint density at radius 1 is 0.540 bits per heavy atom. The lowest BCUT2D eigenvalue weighted by atomic mass is 9.97. The fraction of sp³-hybridized carbons (Fsp3) is 0.189. The van der Waals surface area contributed by atoms with Gasteiger partial charge in [-0.15, -0.1) is 0 Å². The summed E-state index contributed by atoms with van der Waals surface area (Å²) >= 11 is 18.1. The molecule has 0 amide bonds. The maximum absolute atomic E-state index is 13.6. The van der Waals surface area contributed by atoms with Crippen LogP contribution in [0.25, 0.3) is 0 Å². The van der Waals surface area contributed by atoms with Gasteiger partial charge in [0.1, 0.15) is 18.5 Å². The van der Waals surface area contributed by atoms with Crippen molar-refractivity contribution in [3.05, 3.63) is 156 Å². The van der Waals surface area contributed by atoms with E-state index in [4.69, 9.17) is 63.2 Å². The van der Waals surface area contributed by atoms with Crippen LogP contribution in [0.1, 0.15) is 41.4 Å². The number of benzene rings is 4. The van der Waals surface area contributed by atoms with E-state index in [1.165, 1.54) is 48.5 Å². The number of ether oxygens (including phenoxy) is 6. The zero-order valence-electron chi connectivity index (χ0n) is 26.1. The highest BCUT2D eigenvalue weighted by Crippen LogP contribution is 2.38. The summed E-state index contributed by atoms with van der Waals surface area (Å²) in [4.78, 5) is 53.6. The van der Waals surface area contributed by atoms with Gasteiger partial charge < -0.3 is 28.4 Å². The molecule has 0 radical (unpaired) electrons. The second-order valence-electron chi connectivity index (χ2n) is 10.8. The van der Waals surface area contributed by atoms with E-state index >= 15 is 0 Å². The van der Waals surface area contributed by atoms with E-state index in [-0.39, 0.29) is 22.3 Å². The van der Waals surface area contributed by atoms with Gasteiger partial charge in [0, 0.05) is 0 Å². The number of carbonyl (C=O) groups is 4. The lowest BCUT2D eigenvalue weighted by Gasteiger charge is -2.44. The van der Waals surface area contributed by atoms with Gasteiger partial charge in [-0.3, -0.25) is 0 Å². The monoisotopic (exact) mass is 738 g/mol. The van der Waals surface area contributed by atoms with E-state index in [9.17, 15) is 19.2 Å². The molecule has 1 saturated heterocycles. The first kappa shape index (κ1) is 36.4. The number of halogens is 3. The van der Waals surface area contributed by atoms with Crippen LogP contribution in [0.3, 0.4) is 0 Å². The lowest BCUT2D eigenvalue weighted by molar-refractivity contribution is -0.289. The van der Waals surface area contributed by atoms with Crippen molar-refractivity contribution in [1.82, 2.24) is 0 Å². The summed E-state index contributed by atoms with van der Waals surface area (Å²) in [5, 5.41) is 0. The summed E-state index contributed by atoms with van der Waals surface area (Å²) in [5.74, 6) is -3.78. The van der Waals surface area contributed by atoms with E-state index in [1.54, 1.807) is 72.8 Å². The normalized spacial score (nSPS) is 20.1. The van der Waals surface area contributed by atoms with Gasteiger partial charge in [-0.2, -0.15) is 0 Å². The SMILES string of the molecule is C=C(O[C@@H]1OC(COC(=O)c2ccccc2)[C@@H](OC(=O)c2ccccc2)C(OC(=O)c2ccccc2)[C@@H]1OC(=O)c1ccccc1)C(Cl)(Cl)Cl. The van der Waals surface area contributed by atoms with Gasteiger partial charge >= 0.3 is 23.9 Å². The van der Waals surface area contributed by atoms with Crippen LogP contribution in [0.4, 0.5) is 0 Å². The number of hydrogen-bond acceptors (Lipinski definition) is 10. The third kappa shape index (κ3) is 9.42. The summed E-state index contributed by atoms with van der Waals surface area (Å²) < 4.78 is 33.2. The highest BCUT2D eigenvalue weighted by atomic mass is 35.6. The Bertz CT molecular complexity index is 1780. The summed E-state index contributed by atoms with van der Waals surface area (Å²) in [6.07, 6.45) is -7.98. The number of esters is 4. The third-order valence-corrected chi connectivity index (χ3v) is 7.94. The Balaban J connectivity index is 1.58. The first-order chi connectivity index (χ1) is 24.0. The number of carbonyl (C=O) groups excluding carboxylic acids is 4. The highest BCUT2D eigenvalue weighted by Gasteiger charge is 2.55. The third-order valence-electron chi connectivity index (χ3n) is 7.31. The molecule has 258 valence electrons. The van der Waals surface area contributed by atoms with Crippen molar-refractivity contribution in [2.45, 2.75) is 34.5 Å². The molecule has 2 unspecified atom stereocenters. The predicted molar refractivity (Wildman–Crippen MR) is 183 cm³/mol. The maximum Gasteiger partial charge on any atom is 0.338 e. The highest BCUT2D eigenvalue weighted by molar-refractivity contribution is 6.69. The van der Waals surface area contributed by atoms with Gasteiger partial charge in [-0.1, -0.05) is 114 Å². The van der Waals surface area contributed by atoms with Gasteiger partial charge in [-0.25, -0.2) is 19.2 Å². The average molecular weight is 740 g/mol. The fourth-order valence-corrected chi connectivity index (χ4v) is 4.96. The molecule has 1 aliphatic heterocycles. The first-order valence-electron chi connectivity index (χ1n) is 15.1. The quantitative estimate of drug-likeness (QED) is 0.0679. The van der Waals surface area contributed by atoms with E-state index in [0.29, 0.717) is 0 Å². The van der Waals surface area contributed by atoms with Crippen LogP contribution in [0.2, 0.25) is 0 Å². The number of hydrogen-bond donors (Lipinski definition) is 0. The van der Waals surface area contributed by atoms with Crippen LogP contribution >= 0.6 is 34.8 Å². The van der Waals surface area contributed by atoms with E-state index in [2.05, 4.69) is 6.58 Å². The van der Waals surface area contributed by atoms with Crippen molar-refractivity contribution in [2.75, 3.05) is 6.61 Å². The molecule has 0 saturated carbocycles. The minimum absolute atomic E-state index is 0.121. The topological polar surface area (TPSA) is 124 Å². The maximum atomic E-state index is 13.6. The minimum atomic E-state index is -2.18. The Morgan fingerprint density at radius 3 is 1.30 bits per heavy atom. The summed E-state index contributed by atoms with van der Waals surface area (Å²) in [7, 11) is 0. The molecule has 4 aromatic carbocycles. The molecule has 0 aliphatic carbocycles. The molecule has 13 heteroatoms. The van der Waals surface area contributed by atoms with Crippen molar-refractivity contribution in [1.29, 1.82) is 0 Å². The van der Waals surface area contributed by atoms with Crippen LogP contribution in [0, 0.1) is 0 Å². The Kier molecular flexibility index (Phi) is 12.2. The average Bonchev–Trinajstić information content (AvgIpc) is 3.13. The predicted octanol–water partition coefficient (Wildman–Crippen LogP) is 7.15. The first-order valence-corrected chi connectivity index (χ1v) is 16.2. The smallest absolute Gasteiger partial charge is 0.338 e. The summed E-state index contributed by atoms with van der Waals surface area (Å²) in [6.45, 7) is 3.10. The lowest BCUT2D eigenvalue weighted by Crippen LogP contribution is -2.63. The van der Waals surface area contributed by atoms with E-state index < -0.39 is 70.7 Å². The Labute approximate surface area is 302 Å². The van der Waals surface area contributed by atoms with Crippen LogP contribution < -0.4 is 0 Å². The van der Waals surface area contributed by atoms with Crippen molar-refractivity contribution in [2.24, 2.45) is 0 Å². The van der Waals surface area contributed by atoms with Gasteiger partial charge in [0.05, 0.1) is 22.3 Å². The molecule has 5 rings (SSSR count). The standard InChI is InChI=1S/C37H29Cl3O10/c1-23(37(38,39)40)46-36-31(50-35(44)27-20-12-5-13-21-27)30(49-34(43)26-18-10-4-11-19-26)29(48-33(42)25-16-8-3-9-17-25)28(47-36)22-45-32(41)24-14-6-2-7-15-24/h2-21,28-31,36H,1,22H2/t28?,29-,30?,31+,36-/m1/s1. The zero-order chi connectivity index (χ0) is 35.7. The number of rotatable bonds is 11. The molecule has 1 heterocycles. The van der Waals surface area contributed by atoms with Gasteiger partial charge in [0.15, 0.2) is 12.2 Å². The fourth-order valence-electron chi connectivity index (χ4n) is 4.83. The van der Waals surface area contributed by atoms with Crippen molar-refractivity contribution in [3.63, 3.8) is 0 Å².